The van der Waals surface area contributed by atoms with E-state index in [1.54, 1.807) is 7.05 Å². The highest BCUT2D eigenvalue weighted by molar-refractivity contribution is 4.89. The first kappa shape index (κ1) is 9.90. The van der Waals surface area contributed by atoms with Gasteiger partial charge in [-0.2, -0.15) is 0 Å². The van der Waals surface area contributed by atoms with E-state index in [0.717, 1.165) is 12.8 Å². The Balaban J connectivity index is 2.44. The van der Waals surface area contributed by atoms with Crippen LogP contribution in [0.15, 0.2) is 0 Å². The Labute approximate surface area is 72.7 Å². The monoisotopic (exact) mass is 177 g/mol. The van der Waals surface area contributed by atoms with Crippen molar-refractivity contribution < 1.29 is 8.78 Å². The van der Waals surface area contributed by atoms with Gasteiger partial charge in [0.15, 0.2) is 0 Å². The molecule has 1 saturated carbocycles. The quantitative estimate of drug-likeness (QED) is 0.640. The van der Waals surface area contributed by atoms with Crippen molar-refractivity contribution in [3.8, 4) is 0 Å². The van der Waals surface area contributed by atoms with Crippen LogP contribution in [0.5, 0.6) is 0 Å². The predicted molar refractivity (Wildman–Crippen MR) is 45.5 cm³/mol. The van der Waals surface area contributed by atoms with Gasteiger partial charge in [0.1, 0.15) is 0 Å². The molecule has 1 aliphatic carbocycles. The van der Waals surface area contributed by atoms with Crippen LogP contribution in [0, 0.1) is 0 Å². The van der Waals surface area contributed by atoms with Crippen molar-refractivity contribution in [1.82, 2.24) is 4.90 Å². The highest BCUT2D eigenvalue weighted by atomic mass is 19.3. The van der Waals surface area contributed by atoms with Crippen molar-refractivity contribution in [1.29, 1.82) is 0 Å². The summed E-state index contributed by atoms with van der Waals surface area (Å²) in [4.78, 5) is 1.81. The Morgan fingerprint density at radius 2 is 1.83 bits per heavy atom. The molecular weight excluding hydrogens is 160 g/mol. The third-order valence-corrected chi connectivity index (χ3v) is 3.01. The molecule has 0 aliphatic heterocycles. The summed E-state index contributed by atoms with van der Waals surface area (Å²) >= 11 is 0. The van der Waals surface area contributed by atoms with Crippen LogP contribution in [-0.4, -0.2) is 30.5 Å². The van der Waals surface area contributed by atoms with Gasteiger partial charge >= 0.3 is 0 Å². The van der Waals surface area contributed by atoms with Gasteiger partial charge in [0.05, 0.1) is 6.54 Å². The van der Waals surface area contributed by atoms with Gasteiger partial charge in [-0.05, 0) is 26.8 Å². The maximum atomic E-state index is 12.1. The third-order valence-electron chi connectivity index (χ3n) is 3.01. The lowest BCUT2D eigenvalue weighted by molar-refractivity contribution is 0.0473. The van der Waals surface area contributed by atoms with Crippen molar-refractivity contribution >= 4 is 0 Å². The molecule has 0 amide bonds. The van der Waals surface area contributed by atoms with Gasteiger partial charge in [0, 0.05) is 5.54 Å². The summed E-state index contributed by atoms with van der Waals surface area (Å²) in [5.74, 6) is 0. The summed E-state index contributed by atoms with van der Waals surface area (Å²) in [6.07, 6.45) is 2.30. The molecule has 0 spiro atoms. The van der Waals surface area contributed by atoms with E-state index in [9.17, 15) is 8.78 Å². The minimum absolute atomic E-state index is 0.0381. The molecule has 1 aliphatic rings. The number of hydrogen-bond donors (Lipinski definition) is 0. The second-order valence-corrected chi connectivity index (χ2v) is 3.98. The Hall–Kier alpha value is -0.180. The maximum absolute atomic E-state index is 12.1. The Morgan fingerprint density at radius 3 is 2.25 bits per heavy atom. The molecule has 0 aromatic carbocycles. The SMILES string of the molecule is CN(CC(F)F)C1(C)CCCC1. The highest BCUT2D eigenvalue weighted by Crippen LogP contribution is 2.33. The number of rotatable bonds is 3. The molecular formula is C9H17F2N. The third kappa shape index (κ3) is 2.16. The molecule has 0 N–H and O–H groups in total. The molecule has 12 heavy (non-hydrogen) atoms. The maximum Gasteiger partial charge on any atom is 0.251 e. The number of alkyl halides is 2. The lowest BCUT2D eigenvalue weighted by Gasteiger charge is -2.35. The van der Waals surface area contributed by atoms with Gasteiger partial charge < -0.3 is 0 Å². The van der Waals surface area contributed by atoms with Gasteiger partial charge in [-0.1, -0.05) is 12.8 Å². The summed E-state index contributed by atoms with van der Waals surface area (Å²) in [5.41, 5.74) is 0.0381. The van der Waals surface area contributed by atoms with E-state index >= 15 is 0 Å². The van der Waals surface area contributed by atoms with E-state index < -0.39 is 6.43 Å². The van der Waals surface area contributed by atoms with Gasteiger partial charge in [-0.25, -0.2) is 8.78 Å². The standard InChI is InChI=1S/C9H17F2N/c1-9(5-3-4-6-9)12(2)7-8(10)11/h8H,3-7H2,1-2H3. The van der Waals surface area contributed by atoms with Crippen molar-refractivity contribution in [3.05, 3.63) is 0 Å². The van der Waals surface area contributed by atoms with Gasteiger partial charge in [0.25, 0.3) is 6.43 Å². The topological polar surface area (TPSA) is 3.24 Å². The molecule has 0 bridgehead atoms. The minimum Gasteiger partial charge on any atom is -0.295 e. The molecule has 1 fully saturated rings. The van der Waals surface area contributed by atoms with Crippen molar-refractivity contribution in [2.24, 2.45) is 0 Å². The molecule has 72 valence electrons. The van der Waals surface area contributed by atoms with Crippen LogP contribution in [0.2, 0.25) is 0 Å². The summed E-state index contributed by atoms with van der Waals surface area (Å²) in [5, 5.41) is 0. The van der Waals surface area contributed by atoms with Crippen molar-refractivity contribution in [2.75, 3.05) is 13.6 Å². The van der Waals surface area contributed by atoms with Gasteiger partial charge in [-0.3, -0.25) is 4.90 Å². The summed E-state index contributed by atoms with van der Waals surface area (Å²) < 4.78 is 24.1. The Bertz CT molecular complexity index is 141. The van der Waals surface area contributed by atoms with Crippen LogP contribution < -0.4 is 0 Å². The number of hydrogen-bond acceptors (Lipinski definition) is 1. The van der Waals surface area contributed by atoms with Gasteiger partial charge in [-0.15, -0.1) is 0 Å². The molecule has 0 unspecified atom stereocenters. The largest absolute Gasteiger partial charge is 0.295 e. The average molecular weight is 177 g/mol. The fourth-order valence-corrected chi connectivity index (χ4v) is 1.95. The molecule has 0 heterocycles. The van der Waals surface area contributed by atoms with Crippen molar-refractivity contribution in [2.45, 2.75) is 44.6 Å². The van der Waals surface area contributed by atoms with E-state index in [4.69, 9.17) is 0 Å². The summed E-state index contributed by atoms with van der Waals surface area (Å²) in [6, 6.07) is 0. The summed E-state index contributed by atoms with van der Waals surface area (Å²) in [7, 11) is 1.80. The predicted octanol–water partition coefficient (Wildman–Crippen LogP) is 2.52. The van der Waals surface area contributed by atoms with Gasteiger partial charge in [0.2, 0.25) is 0 Å². The lowest BCUT2D eigenvalue weighted by Crippen LogP contribution is -2.43. The van der Waals surface area contributed by atoms with Crippen LogP contribution in [0.3, 0.4) is 0 Å². The second-order valence-electron chi connectivity index (χ2n) is 3.98. The Kier molecular flexibility index (Phi) is 3.04. The molecule has 0 atom stereocenters. The van der Waals surface area contributed by atoms with E-state index in [2.05, 4.69) is 6.92 Å². The molecule has 0 aromatic heterocycles. The molecule has 0 saturated heterocycles. The number of nitrogens with zero attached hydrogens (tertiary/aromatic N) is 1. The highest BCUT2D eigenvalue weighted by Gasteiger charge is 2.33. The first-order valence-electron chi connectivity index (χ1n) is 4.54. The fourth-order valence-electron chi connectivity index (χ4n) is 1.95. The average Bonchev–Trinajstić information content (AvgIpc) is 2.36. The molecule has 0 radical (unpaired) electrons. The zero-order valence-electron chi connectivity index (χ0n) is 7.82. The van der Waals surface area contributed by atoms with Crippen LogP contribution in [0.4, 0.5) is 8.78 Å². The molecule has 0 aromatic rings. The number of halogens is 2. The lowest BCUT2D eigenvalue weighted by atomic mass is 9.99. The van der Waals surface area contributed by atoms with E-state index in [0.29, 0.717) is 0 Å². The first-order valence-corrected chi connectivity index (χ1v) is 4.54. The summed E-state index contributed by atoms with van der Waals surface area (Å²) in [6.45, 7) is 2.00. The molecule has 3 heteroatoms. The van der Waals surface area contributed by atoms with Crippen LogP contribution in [0.1, 0.15) is 32.6 Å². The molecule has 1 nitrogen and oxygen atoms in total. The Morgan fingerprint density at radius 1 is 1.33 bits per heavy atom. The normalized spacial score (nSPS) is 22.5. The van der Waals surface area contributed by atoms with Crippen molar-refractivity contribution in [3.63, 3.8) is 0 Å². The van der Waals surface area contributed by atoms with Crippen LogP contribution >= 0.6 is 0 Å². The molecule has 1 rings (SSSR count). The van der Waals surface area contributed by atoms with Crippen LogP contribution in [-0.2, 0) is 0 Å². The van der Waals surface area contributed by atoms with E-state index in [1.807, 2.05) is 4.90 Å². The fraction of sp³-hybridized carbons (Fsp3) is 1.00. The zero-order valence-corrected chi connectivity index (χ0v) is 7.82. The van der Waals surface area contributed by atoms with E-state index in [-0.39, 0.29) is 12.1 Å². The second kappa shape index (κ2) is 3.69. The first-order chi connectivity index (χ1) is 5.54. The minimum atomic E-state index is -2.20. The van der Waals surface area contributed by atoms with E-state index in [1.165, 1.54) is 12.8 Å². The zero-order chi connectivity index (χ0) is 9.19. The smallest absolute Gasteiger partial charge is 0.251 e. The van der Waals surface area contributed by atoms with Crippen LogP contribution in [0.25, 0.3) is 0 Å².